The van der Waals surface area contributed by atoms with E-state index in [-0.39, 0.29) is 17.9 Å². The van der Waals surface area contributed by atoms with Gasteiger partial charge >= 0.3 is 6.03 Å². The summed E-state index contributed by atoms with van der Waals surface area (Å²) in [7, 11) is 1.59. The van der Waals surface area contributed by atoms with Gasteiger partial charge in [0.05, 0.1) is 18.7 Å². The summed E-state index contributed by atoms with van der Waals surface area (Å²) >= 11 is 0. The van der Waals surface area contributed by atoms with E-state index in [0.29, 0.717) is 18.0 Å². The molecule has 6 nitrogen and oxygen atoms in total. The molecule has 1 atom stereocenters. The van der Waals surface area contributed by atoms with Crippen molar-refractivity contribution in [3.05, 3.63) is 24.3 Å². The van der Waals surface area contributed by atoms with Gasteiger partial charge in [-0.2, -0.15) is 0 Å². The third-order valence-corrected chi connectivity index (χ3v) is 4.80. The minimum absolute atomic E-state index is 0.0431. The van der Waals surface area contributed by atoms with Crippen LogP contribution in [0.15, 0.2) is 24.3 Å². The lowest BCUT2D eigenvalue weighted by molar-refractivity contribution is -0.121. The van der Waals surface area contributed by atoms with E-state index in [2.05, 4.69) is 5.32 Å². The molecule has 3 amide bonds. The lowest BCUT2D eigenvalue weighted by atomic mass is 9.97. The van der Waals surface area contributed by atoms with Gasteiger partial charge in [0.1, 0.15) is 5.75 Å². The van der Waals surface area contributed by atoms with Crippen LogP contribution >= 0.6 is 0 Å². The van der Waals surface area contributed by atoms with Crippen LogP contribution in [-0.4, -0.2) is 55.0 Å². The number of rotatable bonds is 3. The van der Waals surface area contributed by atoms with Crippen LogP contribution in [0.1, 0.15) is 25.7 Å². The molecule has 2 fully saturated rings. The Morgan fingerprint density at radius 2 is 1.79 bits per heavy atom. The quantitative estimate of drug-likeness (QED) is 0.926. The summed E-state index contributed by atoms with van der Waals surface area (Å²) in [6.07, 6.45) is 3.84. The number of hydrogen-bond donors (Lipinski definition) is 1. The molecule has 0 bridgehead atoms. The highest BCUT2D eigenvalue weighted by atomic mass is 16.5. The Labute approximate surface area is 142 Å². The molecular weight excluding hydrogens is 306 g/mol. The van der Waals surface area contributed by atoms with Gasteiger partial charge in [0.15, 0.2) is 0 Å². The van der Waals surface area contributed by atoms with Crippen molar-refractivity contribution >= 4 is 17.6 Å². The smallest absolute Gasteiger partial charge is 0.320 e. The van der Waals surface area contributed by atoms with Gasteiger partial charge in [-0.05, 0) is 37.8 Å². The Kier molecular flexibility index (Phi) is 5.23. The van der Waals surface area contributed by atoms with Crippen LogP contribution in [-0.2, 0) is 4.79 Å². The average molecular weight is 331 g/mol. The maximum absolute atomic E-state index is 12.6. The first-order valence-corrected chi connectivity index (χ1v) is 8.67. The Morgan fingerprint density at radius 1 is 1.08 bits per heavy atom. The maximum Gasteiger partial charge on any atom is 0.320 e. The second-order valence-electron chi connectivity index (χ2n) is 6.45. The Hall–Kier alpha value is -2.24. The van der Waals surface area contributed by atoms with E-state index in [1.54, 1.807) is 7.11 Å². The molecule has 1 aromatic carbocycles. The van der Waals surface area contributed by atoms with E-state index >= 15 is 0 Å². The van der Waals surface area contributed by atoms with Gasteiger partial charge in [-0.1, -0.05) is 12.1 Å². The number of methoxy groups -OCH3 is 1. The van der Waals surface area contributed by atoms with Crippen molar-refractivity contribution in [3.63, 3.8) is 0 Å². The van der Waals surface area contributed by atoms with Crippen molar-refractivity contribution in [1.82, 2.24) is 9.80 Å². The van der Waals surface area contributed by atoms with Crippen LogP contribution in [0, 0.1) is 5.92 Å². The molecule has 6 heteroatoms. The number of nitrogens with zero attached hydrogens (tertiary/aromatic N) is 2. The first kappa shape index (κ1) is 16.6. The number of nitrogens with one attached hydrogen (secondary N) is 1. The molecule has 0 unspecified atom stereocenters. The van der Waals surface area contributed by atoms with Crippen molar-refractivity contribution in [1.29, 1.82) is 0 Å². The number of hydrogen-bond acceptors (Lipinski definition) is 3. The molecule has 0 saturated carbocycles. The summed E-state index contributed by atoms with van der Waals surface area (Å²) in [6.45, 7) is 2.92. The summed E-state index contributed by atoms with van der Waals surface area (Å²) < 4.78 is 5.27. The van der Waals surface area contributed by atoms with Gasteiger partial charge in [0.25, 0.3) is 0 Å². The third-order valence-electron chi connectivity index (χ3n) is 4.80. The summed E-state index contributed by atoms with van der Waals surface area (Å²) in [5.41, 5.74) is 0.674. The number of benzene rings is 1. The number of piperidine rings is 1. The van der Waals surface area contributed by atoms with E-state index in [9.17, 15) is 9.59 Å². The molecule has 0 spiro atoms. The van der Waals surface area contributed by atoms with Crippen LogP contribution in [0.25, 0.3) is 0 Å². The van der Waals surface area contributed by atoms with Crippen molar-refractivity contribution in [2.24, 2.45) is 5.92 Å². The Bertz CT molecular complexity index is 599. The van der Waals surface area contributed by atoms with E-state index in [1.165, 1.54) is 0 Å². The maximum atomic E-state index is 12.6. The largest absolute Gasteiger partial charge is 0.495 e. The summed E-state index contributed by atoms with van der Waals surface area (Å²) in [5.74, 6) is 0.431. The summed E-state index contributed by atoms with van der Waals surface area (Å²) in [5, 5.41) is 2.94. The predicted octanol–water partition coefficient (Wildman–Crippen LogP) is 2.56. The fraction of sp³-hybridized carbons (Fsp3) is 0.556. The van der Waals surface area contributed by atoms with Crippen LogP contribution in [0.2, 0.25) is 0 Å². The first-order chi connectivity index (χ1) is 11.7. The van der Waals surface area contributed by atoms with Crippen molar-refractivity contribution in [2.45, 2.75) is 25.7 Å². The second kappa shape index (κ2) is 7.55. The van der Waals surface area contributed by atoms with Crippen molar-refractivity contribution in [3.8, 4) is 5.75 Å². The summed E-state index contributed by atoms with van der Waals surface area (Å²) in [6, 6.07) is 7.46. The average Bonchev–Trinajstić information content (AvgIpc) is 3.16. The molecule has 0 aliphatic carbocycles. The van der Waals surface area contributed by atoms with Crippen LogP contribution in [0.4, 0.5) is 10.5 Å². The van der Waals surface area contributed by atoms with Gasteiger partial charge < -0.3 is 19.9 Å². The minimum Gasteiger partial charge on any atom is -0.495 e. The molecule has 130 valence electrons. The van der Waals surface area contributed by atoms with E-state index in [0.717, 1.165) is 45.3 Å². The number of carbonyl (C=O) groups excluding carboxylic acids is 2. The van der Waals surface area contributed by atoms with Gasteiger partial charge in [0, 0.05) is 26.2 Å². The molecule has 2 aliphatic rings. The normalized spacial score (nSPS) is 20.8. The number of para-hydroxylation sites is 2. The summed E-state index contributed by atoms with van der Waals surface area (Å²) in [4.78, 5) is 28.9. The van der Waals surface area contributed by atoms with E-state index < -0.39 is 0 Å². The van der Waals surface area contributed by atoms with E-state index in [4.69, 9.17) is 4.74 Å². The fourth-order valence-corrected chi connectivity index (χ4v) is 3.46. The third kappa shape index (κ3) is 3.63. The molecule has 3 rings (SSSR count). The number of carbonyl (C=O) groups is 2. The molecular formula is C18H25N3O3. The molecule has 2 aliphatic heterocycles. The number of ether oxygens (including phenoxy) is 1. The Morgan fingerprint density at radius 3 is 2.54 bits per heavy atom. The number of amides is 3. The number of urea groups is 1. The molecule has 1 aromatic rings. The standard InChI is InChI=1S/C18H25N3O3/c1-24-16-9-3-2-8-15(16)19-17(22)14-7-6-12-21(13-14)18(23)20-10-4-5-11-20/h2-3,8-9,14H,4-7,10-13H2,1H3,(H,19,22)/t14-/m0/s1. The zero-order valence-corrected chi connectivity index (χ0v) is 14.2. The molecule has 2 heterocycles. The molecule has 24 heavy (non-hydrogen) atoms. The van der Waals surface area contributed by atoms with Crippen LogP contribution < -0.4 is 10.1 Å². The Balaban J connectivity index is 1.61. The molecule has 0 radical (unpaired) electrons. The SMILES string of the molecule is COc1ccccc1NC(=O)[C@H]1CCCN(C(=O)N2CCCC2)C1. The monoisotopic (exact) mass is 331 g/mol. The van der Waals surface area contributed by atoms with Crippen LogP contribution in [0.3, 0.4) is 0 Å². The number of anilines is 1. The van der Waals surface area contributed by atoms with Crippen LogP contribution in [0.5, 0.6) is 5.75 Å². The van der Waals surface area contributed by atoms with Gasteiger partial charge in [-0.3, -0.25) is 4.79 Å². The highest BCUT2D eigenvalue weighted by molar-refractivity contribution is 5.94. The zero-order chi connectivity index (χ0) is 16.9. The minimum atomic E-state index is -0.171. The highest BCUT2D eigenvalue weighted by Crippen LogP contribution is 2.26. The van der Waals surface area contributed by atoms with E-state index in [1.807, 2.05) is 34.1 Å². The second-order valence-corrected chi connectivity index (χ2v) is 6.45. The van der Waals surface area contributed by atoms with Crippen molar-refractivity contribution < 1.29 is 14.3 Å². The lowest BCUT2D eigenvalue weighted by Crippen LogP contribution is -2.48. The van der Waals surface area contributed by atoms with Gasteiger partial charge in [0.2, 0.25) is 5.91 Å². The molecule has 1 N–H and O–H groups in total. The lowest BCUT2D eigenvalue weighted by Gasteiger charge is -2.34. The number of likely N-dealkylation sites (tertiary alicyclic amines) is 2. The fourth-order valence-electron chi connectivity index (χ4n) is 3.46. The molecule has 2 saturated heterocycles. The highest BCUT2D eigenvalue weighted by Gasteiger charge is 2.31. The first-order valence-electron chi connectivity index (χ1n) is 8.67. The molecule has 0 aromatic heterocycles. The predicted molar refractivity (Wildman–Crippen MR) is 92.1 cm³/mol. The van der Waals surface area contributed by atoms with Crippen molar-refractivity contribution in [2.75, 3.05) is 38.6 Å². The topological polar surface area (TPSA) is 61.9 Å². The van der Waals surface area contributed by atoms with Gasteiger partial charge in [-0.15, -0.1) is 0 Å². The zero-order valence-electron chi connectivity index (χ0n) is 14.2. The van der Waals surface area contributed by atoms with Gasteiger partial charge in [-0.25, -0.2) is 4.79 Å².